The van der Waals surface area contributed by atoms with E-state index in [-0.39, 0.29) is 29.8 Å². The Balaban J connectivity index is 1.61. The minimum atomic E-state index is -0.319. The number of nitrogens with zero attached hydrogens (tertiary/aromatic N) is 2. The van der Waals surface area contributed by atoms with Crippen molar-refractivity contribution in [2.45, 2.75) is 57.5 Å². The molecule has 2 unspecified atom stereocenters. The summed E-state index contributed by atoms with van der Waals surface area (Å²) in [6.45, 7) is 3.33. The van der Waals surface area contributed by atoms with Crippen LogP contribution >= 0.6 is 0 Å². The highest BCUT2D eigenvalue weighted by Gasteiger charge is 2.44. The minimum Gasteiger partial charge on any atom is -0.332 e. The van der Waals surface area contributed by atoms with Gasteiger partial charge in [-0.1, -0.05) is 43.5 Å². The third-order valence-corrected chi connectivity index (χ3v) is 6.13. The number of fused-ring (bicyclic) bond motifs is 3. The maximum atomic E-state index is 13.1. The zero-order valence-corrected chi connectivity index (χ0v) is 14.4. The molecular weight excluding hydrogens is 300 g/mol. The predicted octanol–water partition coefficient (Wildman–Crippen LogP) is 2.92. The van der Waals surface area contributed by atoms with E-state index in [0.717, 1.165) is 38.6 Å². The molecule has 0 spiro atoms. The van der Waals surface area contributed by atoms with Crippen molar-refractivity contribution in [2.24, 2.45) is 5.92 Å². The summed E-state index contributed by atoms with van der Waals surface area (Å²) in [6, 6.07) is 8.10. The first-order valence-corrected chi connectivity index (χ1v) is 9.35. The van der Waals surface area contributed by atoms with Gasteiger partial charge in [-0.2, -0.15) is 0 Å². The number of rotatable bonds is 1. The molecule has 2 heterocycles. The Kier molecular flexibility index (Phi) is 4.07. The van der Waals surface area contributed by atoms with E-state index in [0.29, 0.717) is 6.54 Å². The van der Waals surface area contributed by atoms with Gasteiger partial charge < -0.3 is 9.80 Å². The highest BCUT2D eigenvalue weighted by Crippen LogP contribution is 2.36. The number of carbonyl (C=O) groups is 2. The van der Waals surface area contributed by atoms with Crippen LogP contribution in [-0.4, -0.2) is 40.7 Å². The summed E-state index contributed by atoms with van der Waals surface area (Å²) in [5.41, 5.74) is 2.55. The lowest BCUT2D eigenvalue weighted by Crippen LogP contribution is -2.61. The fourth-order valence-corrected chi connectivity index (χ4v) is 4.69. The summed E-state index contributed by atoms with van der Waals surface area (Å²) in [5.74, 6) is 0.447. The topological polar surface area (TPSA) is 40.6 Å². The van der Waals surface area contributed by atoms with E-state index in [2.05, 4.69) is 18.2 Å². The quantitative estimate of drug-likeness (QED) is 0.796. The zero-order valence-electron chi connectivity index (χ0n) is 14.4. The summed E-state index contributed by atoms with van der Waals surface area (Å²) in [4.78, 5) is 29.8. The molecule has 1 aromatic carbocycles. The summed E-state index contributed by atoms with van der Waals surface area (Å²) in [6.07, 6.45) is 6.42. The smallest absolute Gasteiger partial charge is 0.245 e. The Morgan fingerprint density at radius 3 is 2.67 bits per heavy atom. The van der Waals surface area contributed by atoms with E-state index in [9.17, 15) is 9.59 Å². The molecule has 3 aliphatic rings. The summed E-state index contributed by atoms with van der Waals surface area (Å²) in [7, 11) is 0. The number of hydrogen-bond donors (Lipinski definition) is 0. The van der Waals surface area contributed by atoms with Crippen molar-refractivity contribution in [3.8, 4) is 0 Å². The fraction of sp³-hybridized carbons (Fsp3) is 0.600. The second kappa shape index (κ2) is 6.23. The average Bonchev–Trinajstić information content (AvgIpc) is 2.64. The molecule has 2 aliphatic heterocycles. The van der Waals surface area contributed by atoms with E-state index in [1.165, 1.54) is 17.5 Å². The van der Waals surface area contributed by atoms with Crippen LogP contribution in [0.25, 0.3) is 0 Å². The Morgan fingerprint density at radius 2 is 1.88 bits per heavy atom. The maximum absolute atomic E-state index is 13.1. The largest absolute Gasteiger partial charge is 0.332 e. The second-order valence-electron chi connectivity index (χ2n) is 7.50. The molecule has 24 heavy (non-hydrogen) atoms. The molecule has 1 saturated heterocycles. The molecular formula is C20H26N2O2. The lowest BCUT2D eigenvalue weighted by Gasteiger charge is -2.48. The van der Waals surface area contributed by atoms with Crippen LogP contribution in [0.4, 0.5) is 0 Å². The van der Waals surface area contributed by atoms with E-state index >= 15 is 0 Å². The molecule has 128 valence electrons. The number of hydrogen-bond acceptors (Lipinski definition) is 2. The first-order chi connectivity index (χ1) is 11.7. The van der Waals surface area contributed by atoms with E-state index in [1.807, 2.05) is 22.8 Å². The third kappa shape index (κ3) is 2.52. The molecule has 0 bridgehead atoms. The summed E-state index contributed by atoms with van der Waals surface area (Å²) in [5, 5.41) is 0. The lowest BCUT2D eigenvalue weighted by atomic mass is 9.86. The third-order valence-electron chi connectivity index (χ3n) is 6.13. The Morgan fingerprint density at radius 1 is 1.12 bits per heavy atom. The predicted molar refractivity (Wildman–Crippen MR) is 92.4 cm³/mol. The van der Waals surface area contributed by atoms with Crippen LogP contribution in [0.2, 0.25) is 0 Å². The molecule has 2 amide bonds. The van der Waals surface area contributed by atoms with Gasteiger partial charge in [-0.25, -0.2) is 0 Å². The average molecular weight is 326 g/mol. The first-order valence-electron chi connectivity index (χ1n) is 9.35. The number of amides is 2. The van der Waals surface area contributed by atoms with Crippen LogP contribution in [0.5, 0.6) is 0 Å². The van der Waals surface area contributed by atoms with Crippen LogP contribution in [0, 0.1) is 5.92 Å². The van der Waals surface area contributed by atoms with Gasteiger partial charge in [-0.05, 0) is 37.3 Å². The van der Waals surface area contributed by atoms with Crippen LogP contribution < -0.4 is 0 Å². The van der Waals surface area contributed by atoms with Gasteiger partial charge in [0.05, 0.1) is 6.04 Å². The SMILES string of the molecule is CC1C(=O)N2CCc3ccccc3C2CN1C(=O)C1CCCCC1. The van der Waals surface area contributed by atoms with Gasteiger partial charge in [0.1, 0.15) is 6.04 Å². The van der Waals surface area contributed by atoms with Gasteiger partial charge in [0.15, 0.2) is 0 Å². The van der Waals surface area contributed by atoms with Crippen LogP contribution in [0.15, 0.2) is 24.3 Å². The van der Waals surface area contributed by atoms with Crippen molar-refractivity contribution in [3.63, 3.8) is 0 Å². The molecule has 2 fully saturated rings. The summed E-state index contributed by atoms with van der Waals surface area (Å²) < 4.78 is 0. The minimum absolute atomic E-state index is 0.0335. The van der Waals surface area contributed by atoms with Crippen LogP contribution in [0.3, 0.4) is 0 Å². The highest BCUT2D eigenvalue weighted by atomic mass is 16.2. The van der Waals surface area contributed by atoms with Crippen molar-refractivity contribution < 1.29 is 9.59 Å². The molecule has 0 N–H and O–H groups in total. The van der Waals surface area contributed by atoms with Crippen molar-refractivity contribution >= 4 is 11.8 Å². The molecule has 2 atom stereocenters. The molecule has 4 heteroatoms. The normalized spacial score (nSPS) is 27.6. The molecule has 1 aliphatic carbocycles. The van der Waals surface area contributed by atoms with Gasteiger partial charge in [0, 0.05) is 19.0 Å². The second-order valence-corrected chi connectivity index (χ2v) is 7.50. The monoisotopic (exact) mass is 326 g/mol. The van der Waals surface area contributed by atoms with Gasteiger partial charge >= 0.3 is 0 Å². The standard InChI is InChI=1S/C20H26N2O2/c1-14-19(23)21-12-11-15-7-5-6-10-17(15)18(21)13-22(14)20(24)16-8-3-2-4-9-16/h5-7,10,14,16,18H,2-4,8-9,11-13H2,1H3. The molecule has 1 aromatic rings. The molecule has 1 saturated carbocycles. The van der Waals surface area contributed by atoms with Crippen molar-refractivity contribution in [1.82, 2.24) is 9.80 Å². The number of benzene rings is 1. The van der Waals surface area contributed by atoms with E-state index in [1.54, 1.807) is 0 Å². The van der Waals surface area contributed by atoms with Gasteiger partial charge in [-0.15, -0.1) is 0 Å². The Bertz CT molecular complexity index is 651. The van der Waals surface area contributed by atoms with E-state index in [4.69, 9.17) is 0 Å². The molecule has 0 aromatic heterocycles. The fourth-order valence-electron chi connectivity index (χ4n) is 4.69. The van der Waals surface area contributed by atoms with Crippen molar-refractivity contribution in [1.29, 1.82) is 0 Å². The number of carbonyl (C=O) groups excluding carboxylic acids is 2. The van der Waals surface area contributed by atoms with Gasteiger partial charge in [-0.3, -0.25) is 9.59 Å². The highest BCUT2D eigenvalue weighted by molar-refractivity contribution is 5.90. The van der Waals surface area contributed by atoms with Gasteiger partial charge in [0.2, 0.25) is 11.8 Å². The Hall–Kier alpha value is -1.84. The Labute approximate surface area is 143 Å². The summed E-state index contributed by atoms with van der Waals surface area (Å²) >= 11 is 0. The first kappa shape index (κ1) is 15.7. The van der Waals surface area contributed by atoms with E-state index < -0.39 is 0 Å². The lowest BCUT2D eigenvalue weighted by molar-refractivity contribution is -0.157. The van der Waals surface area contributed by atoms with Crippen LogP contribution in [-0.2, 0) is 16.0 Å². The van der Waals surface area contributed by atoms with Crippen LogP contribution in [0.1, 0.15) is 56.2 Å². The van der Waals surface area contributed by atoms with Crippen molar-refractivity contribution in [3.05, 3.63) is 35.4 Å². The maximum Gasteiger partial charge on any atom is 0.245 e. The van der Waals surface area contributed by atoms with Gasteiger partial charge in [0.25, 0.3) is 0 Å². The zero-order chi connectivity index (χ0) is 16.7. The molecule has 4 nitrogen and oxygen atoms in total. The molecule has 4 rings (SSSR count). The molecule has 0 radical (unpaired) electrons. The number of piperazine rings is 1. The van der Waals surface area contributed by atoms with Crippen molar-refractivity contribution in [2.75, 3.05) is 13.1 Å².